The summed E-state index contributed by atoms with van der Waals surface area (Å²) >= 11 is 1.77. The van der Waals surface area contributed by atoms with Crippen LogP contribution in [0.1, 0.15) is 18.9 Å². The first-order valence-electron chi connectivity index (χ1n) is 6.95. The zero-order valence-electron chi connectivity index (χ0n) is 11.6. The Hall–Kier alpha value is -0.870. The molecular weight excluding hydrogens is 258 g/mol. The fourth-order valence-corrected chi connectivity index (χ4v) is 3.13. The Bertz CT molecular complexity index is 464. The molecule has 0 spiro atoms. The zero-order chi connectivity index (χ0) is 13.2. The maximum absolute atomic E-state index is 5.66. The number of hydrogen-bond acceptors (Lipinski definition) is 4. The lowest BCUT2D eigenvalue weighted by Crippen LogP contribution is -2.19. The van der Waals surface area contributed by atoms with Crippen LogP contribution in [0, 0.1) is 11.8 Å². The van der Waals surface area contributed by atoms with Crippen LogP contribution in [-0.2, 0) is 6.54 Å². The van der Waals surface area contributed by atoms with Crippen LogP contribution in [-0.4, -0.2) is 26.0 Å². The third-order valence-electron chi connectivity index (χ3n) is 3.94. The van der Waals surface area contributed by atoms with Crippen LogP contribution in [0.4, 0.5) is 0 Å². The maximum atomic E-state index is 5.66. The van der Waals surface area contributed by atoms with Gasteiger partial charge in [0, 0.05) is 11.4 Å². The fraction of sp³-hybridized carbons (Fsp3) is 0.600. The van der Waals surface area contributed by atoms with Gasteiger partial charge in [-0.2, -0.15) is 0 Å². The molecule has 1 heterocycles. The minimum Gasteiger partial charge on any atom is -0.486 e. The predicted molar refractivity (Wildman–Crippen MR) is 78.2 cm³/mol. The molecule has 0 aromatic heterocycles. The Kier molecular flexibility index (Phi) is 3.89. The summed E-state index contributed by atoms with van der Waals surface area (Å²) in [6, 6.07) is 4.24. The van der Waals surface area contributed by atoms with Crippen molar-refractivity contribution >= 4 is 11.8 Å². The van der Waals surface area contributed by atoms with E-state index in [9.17, 15) is 0 Å². The second kappa shape index (κ2) is 5.63. The first kappa shape index (κ1) is 13.1. The summed E-state index contributed by atoms with van der Waals surface area (Å²) in [5, 5.41) is 3.57. The molecule has 1 saturated carbocycles. The van der Waals surface area contributed by atoms with Crippen molar-refractivity contribution in [2.75, 3.05) is 26.0 Å². The monoisotopic (exact) mass is 279 g/mol. The van der Waals surface area contributed by atoms with Crippen LogP contribution in [0.3, 0.4) is 0 Å². The number of thioether (sulfide) groups is 1. The van der Waals surface area contributed by atoms with Gasteiger partial charge in [-0.1, -0.05) is 6.92 Å². The smallest absolute Gasteiger partial charge is 0.162 e. The van der Waals surface area contributed by atoms with Crippen molar-refractivity contribution in [1.29, 1.82) is 0 Å². The summed E-state index contributed by atoms with van der Waals surface area (Å²) < 4.78 is 11.3. The summed E-state index contributed by atoms with van der Waals surface area (Å²) in [5.74, 6) is 3.57. The number of rotatable bonds is 5. The molecule has 1 aliphatic heterocycles. The summed E-state index contributed by atoms with van der Waals surface area (Å²) in [5.41, 5.74) is 1.31. The van der Waals surface area contributed by atoms with Crippen molar-refractivity contribution in [2.45, 2.75) is 24.8 Å². The van der Waals surface area contributed by atoms with Gasteiger partial charge < -0.3 is 14.8 Å². The van der Waals surface area contributed by atoms with Gasteiger partial charge in [0.1, 0.15) is 13.2 Å². The van der Waals surface area contributed by atoms with Gasteiger partial charge in [-0.3, -0.25) is 0 Å². The van der Waals surface area contributed by atoms with Crippen molar-refractivity contribution < 1.29 is 9.47 Å². The molecule has 2 unspecified atom stereocenters. The highest BCUT2D eigenvalue weighted by Gasteiger charge is 2.31. The zero-order valence-corrected chi connectivity index (χ0v) is 12.4. The van der Waals surface area contributed by atoms with Crippen LogP contribution < -0.4 is 14.8 Å². The highest BCUT2D eigenvalue weighted by molar-refractivity contribution is 7.98. The Labute approximate surface area is 119 Å². The van der Waals surface area contributed by atoms with Crippen LogP contribution in [0.5, 0.6) is 11.5 Å². The molecule has 2 aliphatic rings. The number of nitrogens with one attached hydrogen (secondary N) is 1. The molecule has 1 N–H and O–H groups in total. The van der Waals surface area contributed by atoms with Crippen molar-refractivity contribution in [3.63, 3.8) is 0 Å². The first-order chi connectivity index (χ1) is 9.28. The molecule has 0 amide bonds. The minimum atomic E-state index is 0.651. The molecule has 1 aromatic carbocycles. The van der Waals surface area contributed by atoms with Gasteiger partial charge in [0.05, 0.1) is 0 Å². The van der Waals surface area contributed by atoms with E-state index < -0.39 is 0 Å². The molecule has 0 saturated heterocycles. The van der Waals surface area contributed by atoms with Gasteiger partial charge in [0.15, 0.2) is 11.5 Å². The molecular formula is C15H21NO2S. The average molecular weight is 279 g/mol. The molecule has 1 aromatic rings. The van der Waals surface area contributed by atoms with Gasteiger partial charge in [-0.25, -0.2) is 0 Å². The molecule has 104 valence electrons. The Morgan fingerprint density at radius 2 is 1.95 bits per heavy atom. The quantitative estimate of drug-likeness (QED) is 0.840. The molecule has 3 nitrogen and oxygen atoms in total. The summed E-state index contributed by atoms with van der Waals surface area (Å²) in [6.07, 6.45) is 3.49. The number of fused-ring (bicyclic) bond motifs is 1. The lowest BCUT2D eigenvalue weighted by atomic mass is 10.2. The van der Waals surface area contributed by atoms with Gasteiger partial charge >= 0.3 is 0 Å². The first-order valence-corrected chi connectivity index (χ1v) is 8.17. The average Bonchev–Trinajstić information content (AvgIpc) is 3.13. The third-order valence-corrected chi connectivity index (χ3v) is 4.76. The largest absolute Gasteiger partial charge is 0.486 e. The number of hydrogen-bond donors (Lipinski definition) is 1. The van der Waals surface area contributed by atoms with Crippen molar-refractivity contribution in [3.8, 4) is 11.5 Å². The van der Waals surface area contributed by atoms with Crippen molar-refractivity contribution in [1.82, 2.24) is 5.32 Å². The Morgan fingerprint density at radius 3 is 2.58 bits per heavy atom. The maximum Gasteiger partial charge on any atom is 0.162 e. The van der Waals surface area contributed by atoms with E-state index in [2.05, 4.69) is 30.6 Å². The third kappa shape index (κ3) is 3.00. The Balaban J connectivity index is 1.68. The molecule has 2 atom stereocenters. The van der Waals surface area contributed by atoms with E-state index in [1.54, 1.807) is 11.8 Å². The molecule has 1 fully saturated rings. The second-order valence-corrected chi connectivity index (χ2v) is 6.26. The highest BCUT2D eigenvalue weighted by Crippen LogP contribution is 2.38. The Morgan fingerprint density at radius 1 is 1.26 bits per heavy atom. The predicted octanol–water partition coefficient (Wildman–Crippen LogP) is 2.93. The standard InChI is InChI=1S/C15H21NO2S/c1-10-5-11(10)8-16-9-12-6-13-14(7-15(12)19-2)18-4-3-17-13/h6-7,10-11,16H,3-5,8-9H2,1-2H3. The summed E-state index contributed by atoms with van der Waals surface area (Å²) in [7, 11) is 0. The van der Waals surface area contributed by atoms with E-state index in [1.165, 1.54) is 16.9 Å². The number of benzene rings is 1. The molecule has 3 rings (SSSR count). The van der Waals surface area contributed by atoms with Crippen LogP contribution in [0.15, 0.2) is 17.0 Å². The van der Waals surface area contributed by atoms with Crippen LogP contribution in [0.2, 0.25) is 0 Å². The van der Waals surface area contributed by atoms with E-state index in [4.69, 9.17) is 9.47 Å². The van der Waals surface area contributed by atoms with E-state index in [1.807, 2.05) is 0 Å². The van der Waals surface area contributed by atoms with Gasteiger partial charge in [-0.05, 0) is 48.8 Å². The van der Waals surface area contributed by atoms with E-state index in [-0.39, 0.29) is 0 Å². The van der Waals surface area contributed by atoms with E-state index in [0.29, 0.717) is 13.2 Å². The number of ether oxygens (including phenoxy) is 2. The van der Waals surface area contributed by atoms with Crippen molar-refractivity contribution in [3.05, 3.63) is 17.7 Å². The highest BCUT2D eigenvalue weighted by atomic mass is 32.2. The molecule has 19 heavy (non-hydrogen) atoms. The van der Waals surface area contributed by atoms with Crippen LogP contribution in [0.25, 0.3) is 0 Å². The fourth-order valence-electron chi connectivity index (χ4n) is 2.52. The summed E-state index contributed by atoms with van der Waals surface area (Å²) in [6.45, 7) is 5.67. The van der Waals surface area contributed by atoms with Crippen LogP contribution >= 0.6 is 11.8 Å². The SMILES string of the molecule is CSc1cc2c(cc1CNCC1CC1C)OCCO2. The second-order valence-electron chi connectivity index (χ2n) is 5.41. The molecule has 4 heteroatoms. The van der Waals surface area contributed by atoms with Gasteiger partial charge in [0.2, 0.25) is 0 Å². The summed E-state index contributed by atoms with van der Waals surface area (Å²) in [4.78, 5) is 1.28. The van der Waals surface area contributed by atoms with E-state index >= 15 is 0 Å². The molecule has 1 aliphatic carbocycles. The topological polar surface area (TPSA) is 30.5 Å². The minimum absolute atomic E-state index is 0.651. The molecule has 0 bridgehead atoms. The normalized spacial score (nSPS) is 24.3. The van der Waals surface area contributed by atoms with Gasteiger partial charge in [-0.15, -0.1) is 11.8 Å². The van der Waals surface area contributed by atoms with E-state index in [0.717, 1.165) is 36.4 Å². The molecule has 0 radical (unpaired) electrons. The lowest BCUT2D eigenvalue weighted by molar-refractivity contribution is 0.171. The van der Waals surface area contributed by atoms with Crippen molar-refractivity contribution in [2.24, 2.45) is 11.8 Å². The lowest BCUT2D eigenvalue weighted by Gasteiger charge is -2.21. The van der Waals surface area contributed by atoms with Gasteiger partial charge in [0.25, 0.3) is 0 Å².